The summed E-state index contributed by atoms with van der Waals surface area (Å²) in [7, 11) is -1.23. The molecule has 0 unspecified atom stereocenters. The van der Waals surface area contributed by atoms with Crippen LogP contribution in [0.3, 0.4) is 0 Å². The summed E-state index contributed by atoms with van der Waals surface area (Å²) < 4.78 is 40.3. The van der Waals surface area contributed by atoms with Gasteiger partial charge in [0, 0.05) is 48.8 Å². The first-order valence-electron chi connectivity index (χ1n) is 19.5. The second kappa shape index (κ2) is 14.7. The number of hydrogen-bond donors (Lipinski definition) is 0. The summed E-state index contributed by atoms with van der Waals surface area (Å²) in [5.74, 6) is -0.934. The van der Waals surface area contributed by atoms with Crippen LogP contribution in [0.5, 0.6) is 0 Å². The monoisotopic (exact) mass is 863 g/mol. The van der Waals surface area contributed by atoms with Crippen molar-refractivity contribution < 1.29 is 30.0 Å². The predicted octanol–water partition coefficient (Wildman–Crippen LogP) is 12.2. The molecular formula is C46H42IrN2OSi-2. The smallest absolute Gasteiger partial charge is 0.129 e. The first-order valence-corrected chi connectivity index (χ1v) is 21.0. The Labute approximate surface area is 321 Å². The molecule has 1 aliphatic rings. The molecule has 0 amide bonds. The van der Waals surface area contributed by atoms with Gasteiger partial charge in [-0.2, -0.15) is 0 Å². The summed E-state index contributed by atoms with van der Waals surface area (Å²) in [6.45, 7) is 4.66. The fraction of sp³-hybridized carbons (Fsp3) is 0.217. The van der Waals surface area contributed by atoms with E-state index in [1.165, 1.54) is 11.4 Å². The van der Waals surface area contributed by atoms with Crippen LogP contribution in [0.2, 0.25) is 19.6 Å². The molecule has 1 aliphatic carbocycles. The van der Waals surface area contributed by atoms with Gasteiger partial charge in [-0.3, -0.25) is 0 Å². The van der Waals surface area contributed by atoms with Crippen LogP contribution < -0.4 is 5.19 Å². The molecule has 0 saturated heterocycles. The molecule has 9 rings (SSSR count). The van der Waals surface area contributed by atoms with E-state index in [0.29, 0.717) is 35.2 Å². The Bertz CT molecular complexity index is 2630. The van der Waals surface area contributed by atoms with E-state index in [2.05, 4.69) is 90.3 Å². The van der Waals surface area contributed by atoms with E-state index >= 15 is 0 Å². The number of aryl methyl sites for hydroxylation is 1. The van der Waals surface area contributed by atoms with Crippen LogP contribution >= 0.6 is 0 Å². The summed E-state index contributed by atoms with van der Waals surface area (Å²) in [6, 6.07) is 41.2. The molecule has 5 aromatic carbocycles. The number of benzene rings is 5. The fourth-order valence-electron chi connectivity index (χ4n) is 7.16. The van der Waals surface area contributed by atoms with E-state index in [0.717, 1.165) is 68.4 Å². The molecule has 0 atom stereocenters. The van der Waals surface area contributed by atoms with Gasteiger partial charge in [0.2, 0.25) is 0 Å². The van der Waals surface area contributed by atoms with Crippen molar-refractivity contribution >= 4 is 56.7 Å². The number of rotatable bonds is 4. The maximum absolute atomic E-state index is 9.25. The minimum Gasteiger partial charge on any atom is -0.500 e. The zero-order valence-corrected chi connectivity index (χ0v) is 32.5. The van der Waals surface area contributed by atoms with Crippen molar-refractivity contribution in [3.63, 3.8) is 0 Å². The van der Waals surface area contributed by atoms with Crippen molar-refractivity contribution in [1.82, 2.24) is 9.97 Å². The van der Waals surface area contributed by atoms with Gasteiger partial charge in [0.25, 0.3) is 0 Å². The van der Waals surface area contributed by atoms with Crippen molar-refractivity contribution in [3.8, 4) is 22.5 Å². The van der Waals surface area contributed by atoms with Crippen molar-refractivity contribution in [2.45, 2.75) is 64.5 Å². The number of hydrogen-bond acceptors (Lipinski definition) is 3. The molecule has 1 saturated carbocycles. The summed E-state index contributed by atoms with van der Waals surface area (Å²) in [5, 5.41) is 7.84. The second-order valence-electron chi connectivity index (χ2n) is 14.3. The van der Waals surface area contributed by atoms with Gasteiger partial charge in [0.15, 0.2) is 0 Å². The van der Waals surface area contributed by atoms with Gasteiger partial charge >= 0.3 is 0 Å². The number of aromatic nitrogens is 2. The quantitative estimate of drug-likeness (QED) is 0.101. The molecule has 5 heteroatoms. The zero-order valence-electron chi connectivity index (χ0n) is 33.1. The van der Waals surface area contributed by atoms with Crippen LogP contribution in [-0.4, -0.2) is 18.0 Å². The molecule has 0 spiro atoms. The van der Waals surface area contributed by atoms with Crippen LogP contribution in [0.15, 0.2) is 120 Å². The Hall–Kier alpha value is -4.41. The van der Waals surface area contributed by atoms with E-state index in [9.17, 15) is 1.37 Å². The number of furan rings is 1. The third-order valence-electron chi connectivity index (χ3n) is 9.92. The SMILES string of the molecule is C[Si](C)(C)c1ccc(-c2[c-]cccc2)nc1.[2H]C([2H])([2H])c1cnc(-c2[c-]ccc3c2oc2c3ccc3ccc4ccccc4c32)cc1C1([2H])CCCCC1.[Ir]. The Morgan fingerprint density at radius 1 is 0.725 bits per heavy atom. The molecule has 8 aromatic rings. The third-order valence-corrected chi connectivity index (χ3v) is 11.9. The molecule has 0 bridgehead atoms. The molecule has 0 N–H and O–H groups in total. The maximum atomic E-state index is 9.25. The van der Waals surface area contributed by atoms with Crippen LogP contribution in [0.25, 0.3) is 66.0 Å². The Balaban J connectivity index is 0.000000231. The minimum absolute atomic E-state index is 0. The first kappa shape index (κ1) is 30.2. The van der Waals surface area contributed by atoms with E-state index in [-0.39, 0.29) is 25.7 Å². The molecular weight excluding hydrogens is 817 g/mol. The van der Waals surface area contributed by atoms with E-state index in [1.54, 1.807) is 0 Å². The van der Waals surface area contributed by atoms with E-state index in [1.807, 2.05) is 60.8 Å². The first-order chi connectivity index (χ1) is 25.9. The van der Waals surface area contributed by atoms with Crippen LogP contribution in [0.4, 0.5) is 0 Å². The van der Waals surface area contributed by atoms with Gasteiger partial charge in [0.1, 0.15) is 5.58 Å². The maximum Gasteiger partial charge on any atom is 0.129 e. The molecule has 3 nitrogen and oxygen atoms in total. The standard InChI is InChI=1S/C32H26NO.C14H16NSi.Ir/c1-20-19-33-29(18-28(20)21-8-3-2-4-9-21)27-13-7-12-25-26-17-16-23-15-14-22-10-5-6-11-24(22)30(23)32(26)34-31(25)27;1-16(2,3)13-9-10-14(15-11-13)12-7-5-4-6-8-12;/h5-7,10-12,14-19,21H,2-4,8-9H2,1H3;4-7,9-11H,1-3H3;/q2*-1;/i1D3,21D;;. The van der Waals surface area contributed by atoms with E-state index in [4.69, 9.17) is 8.53 Å². The zero-order chi connectivity index (χ0) is 37.7. The predicted molar refractivity (Wildman–Crippen MR) is 213 cm³/mol. The Kier molecular flexibility index (Phi) is 8.70. The Morgan fingerprint density at radius 2 is 1.49 bits per heavy atom. The summed E-state index contributed by atoms with van der Waals surface area (Å²) in [5.41, 5.74) is 5.55. The third kappa shape index (κ3) is 6.96. The average Bonchev–Trinajstić information content (AvgIpc) is 3.57. The topological polar surface area (TPSA) is 38.9 Å². The molecule has 3 aromatic heterocycles. The van der Waals surface area contributed by atoms with Crippen molar-refractivity contribution in [1.29, 1.82) is 0 Å². The summed E-state index contributed by atoms with van der Waals surface area (Å²) >= 11 is 0. The number of fused-ring (bicyclic) bond motifs is 7. The molecule has 1 fully saturated rings. The van der Waals surface area contributed by atoms with Crippen molar-refractivity contribution in [3.05, 3.63) is 139 Å². The van der Waals surface area contributed by atoms with Gasteiger partial charge in [-0.25, -0.2) is 0 Å². The molecule has 1 radical (unpaired) electrons. The summed E-state index contributed by atoms with van der Waals surface area (Å²) in [6.07, 6.45) is 7.69. The molecule has 3 heterocycles. The van der Waals surface area contributed by atoms with Crippen LogP contribution in [0, 0.1) is 19.0 Å². The van der Waals surface area contributed by atoms with Crippen LogP contribution in [0.1, 0.15) is 54.6 Å². The summed E-state index contributed by atoms with van der Waals surface area (Å²) in [4.78, 5) is 9.12. The van der Waals surface area contributed by atoms with Gasteiger partial charge in [0.05, 0.1) is 13.7 Å². The van der Waals surface area contributed by atoms with E-state index < -0.39 is 20.8 Å². The van der Waals surface area contributed by atoms with Crippen molar-refractivity contribution in [2.75, 3.05) is 0 Å². The van der Waals surface area contributed by atoms with Gasteiger partial charge in [-0.15, -0.1) is 54.1 Å². The molecule has 0 aliphatic heterocycles. The van der Waals surface area contributed by atoms with Gasteiger partial charge < -0.3 is 14.4 Å². The van der Waals surface area contributed by atoms with Gasteiger partial charge in [-0.05, 0) is 69.4 Å². The largest absolute Gasteiger partial charge is 0.500 e. The fourth-order valence-corrected chi connectivity index (χ4v) is 8.19. The molecule has 51 heavy (non-hydrogen) atoms. The molecule has 257 valence electrons. The van der Waals surface area contributed by atoms with Crippen molar-refractivity contribution in [2.24, 2.45) is 0 Å². The second-order valence-corrected chi connectivity index (χ2v) is 19.3. The van der Waals surface area contributed by atoms with Crippen LogP contribution in [-0.2, 0) is 20.1 Å². The minimum atomic E-state index is -2.33. The Morgan fingerprint density at radius 3 is 2.25 bits per heavy atom. The van der Waals surface area contributed by atoms with Gasteiger partial charge in [-0.1, -0.05) is 117 Å². The number of nitrogens with zero attached hydrogens (tertiary/aromatic N) is 2. The average molecular weight is 863 g/mol. The number of pyridine rings is 2. The normalized spacial score (nSPS) is 15.7.